The van der Waals surface area contributed by atoms with Crippen LogP contribution in [0.5, 0.6) is 0 Å². The van der Waals surface area contributed by atoms with Crippen LogP contribution in [0.15, 0.2) is 0 Å². The summed E-state index contributed by atoms with van der Waals surface area (Å²) in [6.07, 6.45) is -1.30. The van der Waals surface area contributed by atoms with Crippen LogP contribution in [0, 0.1) is 11.8 Å². The van der Waals surface area contributed by atoms with Gasteiger partial charge in [0.2, 0.25) is 5.13 Å². The molecule has 2 atom stereocenters. The van der Waals surface area contributed by atoms with Crippen molar-refractivity contribution in [3.05, 3.63) is 5.01 Å². The fourth-order valence-electron chi connectivity index (χ4n) is 1.30. The monoisotopic (exact) mass is 219 g/mol. The molecule has 1 saturated carbocycles. The zero-order valence-electron chi connectivity index (χ0n) is 7.70. The first-order chi connectivity index (χ1) is 6.66. The molecule has 0 spiro atoms. The van der Waals surface area contributed by atoms with Crippen molar-refractivity contribution in [2.45, 2.75) is 19.8 Å². The molecule has 1 aliphatic rings. The lowest BCUT2D eigenvalue weighted by atomic mass is 10.3. The predicted octanol–water partition coefficient (Wildman–Crippen LogP) is 2.54. The fraction of sp³-hybridized carbons (Fsp3) is 0.750. The number of hydrogen-bond acceptors (Lipinski definition) is 4. The van der Waals surface area contributed by atoms with Crippen molar-refractivity contribution in [2.24, 2.45) is 11.8 Å². The number of alkyl halides is 2. The molecule has 78 valence electrons. The van der Waals surface area contributed by atoms with E-state index >= 15 is 0 Å². The van der Waals surface area contributed by atoms with Crippen LogP contribution in [0.2, 0.25) is 0 Å². The van der Waals surface area contributed by atoms with Gasteiger partial charge in [-0.1, -0.05) is 18.3 Å². The van der Waals surface area contributed by atoms with Gasteiger partial charge in [-0.05, 0) is 18.3 Å². The van der Waals surface area contributed by atoms with Gasteiger partial charge in [-0.25, -0.2) is 8.78 Å². The van der Waals surface area contributed by atoms with E-state index in [1.54, 1.807) is 0 Å². The van der Waals surface area contributed by atoms with E-state index < -0.39 is 6.43 Å². The normalized spacial score (nSPS) is 25.4. The van der Waals surface area contributed by atoms with E-state index in [0.29, 0.717) is 11.0 Å². The third kappa shape index (κ3) is 2.17. The minimum absolute atomic E-state index is 0.212. The number of halogens is 2. The Morgan fingerprint density at radius 3 is 2.79 bits per heavy atom. The van der Waals surface area contributed by atoms with Crippen LogP contribution >= 0.6 is 11.3 Å². The van der Waals surface area contributed by atoms with Crippen LogP contribution < -0.4 is 5.32 Å². The summed E-state index contributed by atoms with van der Waals surface area (Å²) in [6, 6.07) is 0. The average Bonchev–Trinajstić information content (AvgIpc) is 2.68. The Morgan fingerprint density at radius 2 is 2.29 bits per heavy atom. The molecule has 3 nitrogen and oxygen atoms in total. The second-order valence-electron chi connectivity index (χ2n) is 3.60. The van der Waals surface area contributed by atoms with Crippen molar-refractivity contribution in [2.75, 3.05) is 11.9 Å². The van der Waals surface area contributed by atoms with Crippen LogP contribution in [0.4, 0.5) is 13.9 Å². The smallest absolute Gasteiger partial charge is 0.291 e. The molecule has 0 aliphatic heterocycles. The Hall–Kier alpha value is -0.780. The maximum absolute atomic E-state index is 12.1. The van der Waals surface area contributed by atoms with Gasteiger partial charge in [0.25, 0.3) is 6.43 Å². The lowest BCUT2D eigenvalue weighted by Crippen LogP contribution is -2.03. The Morgan fingerprint density at radius 1 is 1.57 bits per heavy atom. The lowest BCUT2D eigenvalue weighted by molar-refractivity contribution is 0.150. The quantitative estimate of drug-likeness (QED) is 0.845. The van der Waals surface area contributed by atoms with Crippen LogP contribution in [0.3, 0.4) is 0 Å². The Labute approximate surface area is 84.5 Å². The van der Waals surface area contributed by atoms with Crippen LogP contribution in [0.1, 0.15) is 24.8 Å². The van der Waals surface area contributed by atoms with Gasteiger partial charge >= 0.3 is 0 Å². The molecular weight excluding hydrogens is 208 g/mol. The number of aromatic nitrogens is 2. The van der Waals surface area contributed by atoms with Gasteiger partial charge in [0.05, 0.1) is 0 Å². The van der Waals surface area contributed by atoms with E-state index in [1.165, 1.54) is 6.42 Å². The Kier molecular flexibility index (Phi) is 2.62. The van der Waals surface area contributed by atoms with E-state index in [1.807, 2.05) is 0 Å². The van der Waals surface area contributed by atoms with Crippen LogP contribution in [-0.2, 0) is 0 Å². The second-order valence-corrected chi connectivity index (χ2v) is 4.61. The summed E-state index contributed by atoms with van der Waals surface area (Å²) in [5.74, 6) is 1.43. The fourth-order valence-corrected chi connectivity index (χ4v) is 1.90. The second kappa shape index (κ2) is 3.76. The van der Waals surface area contributed by atoms with Gasteiger partial charge in [0.15, 0.2) is 5.01 Å². The van der Waals surface area contributed by atoms with Crippen molar-refractivity contribution < 1.29 is 8.78 Å². The van der Waals surface area contributed by atoms with E-state index in [2.05, 4.69) is 22.4 Å². The molecule has 1 aromatic rings. The molecule has 0 amide bonds. The van der Waals surface area contributed by atoms with E-state index in [-0.39, 0.29) is 5.01 Å². The van der Waals surface area contributed by atoms with Crippen LogP contribution in [0.25, 0.3) is 0 Å². The lowest BCUT2D eigenvalue weighted by Gasteiger charge is -1.98. The summed E-state index contributed by atoms with van der Waals surface area (Å²) in [5, 5.41) is 10.3. The molecular formula is C8H11F2N3S. The molecule has 1 heterocycles. The van der Waals surface area contributed by atoms with E-state index in [4.69, 9.17) is 0 Å². The zero-order valence-corrected chi connectivity index (χ0v) is 8.52. The maximum atomic E-state index is 12.1. The summed E-state index contributed by atoms with van der Waals surface area (Å²) < 4.78 is 24.3. The molecule has 1 N–H and O–H groups in total. The Balaban J connectivity index is 1.84. The number of nitrogens with one attached hydrogen (secondary N) is 1. The van der Waals surface area contributed by atoms with E-state index in [9.17, 15) is 8.78 Å². The molecule has 0 saturated heterocycles. The SMILES string of the molecule is CC1CC1CNc1nnc(C(F)F)s1. The van der Waals surface area contributed by atoms with Crippen molar-refractivity contribution >= 4 is 16.5 Å². The highest BCUT2D eigenvalue weighted by molar-refractivity contribution is 7.15. The zero-order chi connectivity index (χ0) is 10.1. The van der Waals surface area contributed by atoms with Gasteiger partial charge < -0.3 is 5.32 Å². The molecule has 0 bridgehead atoms. The molecule has 1 aromatic heterocycles. The van der Waals surface area contributed by atoms with Crippen molar-refractivity contribution in [3.63, 3.8) is 0 Å². The van der Waals surface area contributed by atoms with Gasteiger partial charge in [0.1, 0.15) is 0 Å². The van der Waals surface area contributed by atoms with Crippen molar-refractivity contribution in [1.29, 1.82) is 0 Å². The molecule has 2 unspecified atom stereocenters. The van der Waals surface area contributed by atoms with Crippen LogP contribution in [-0.4, -0.2) is 16.7 Å². The predicted molar refractivity (Wildman–Crippen MR) is 50.6 cm³/mol. The molecule has 1 fully saturated rings. The third-order valence-electron chi connectivity index (χ3n) is 2.42. The summed E-state index contributed by atoms with van der Waals surface area (Å²) in [5.41, 5.74) is 0. The van der Waals surface area contributed by atoms with Gasteiger partial charge in [-0.15, -0.1) is 10.2 Å². The highest BCUT2D eigenvalue weighted by Gasteiger charge is 2.32. The molecule has 2 rings (SSSR count). The highest BCUT2D eigenvalue weighted by atomic mass is 32.1. The molecule has 0 aromatic carbocycles. The first-order valence-corrected chi connectivity index (χ1v) is 5.34. The molecule has 6 heteroatoms. The molecule has 14 heavy (non-hydrogen) atoms. The number of anilines is 1. The first kappa shape index (κ1) is 9.76. The third-order valence-corrected chi connectivity index (χ3v) is 3.31. The van der Waals surface area contributed by atoms with Gasteiger partial charge in [-0.2, -0.15) is 0 Å². The van der Waals surface area contributed by atoms with Crippen molar-refractivity contribution in [1.82, 2.24) is 10.2 Å². The average molecular weight is 219 g/mol. The minimum Gasteiger partial charge on any atom is -0.360 e. The highest BCUT2D eigenvalue weighted by Crippen LogP contribution is 2.37. The summed E-state index contributed by atoms with van der Waals surface area (Å²) in [6.45, 7) is 3.00. The molecule has 1 aliphatic carbocycles. The number of hydrogen-bond donors (Lipinski definition) is 1. The topological polar surface area (TPSA) is 37.8 Å². The molecule has 0 radical (unpaired) electrons. The Bertz CT molecular complexity index is 315. The largest absolute Gasteiger partial charge is 0.360 e. The summed E-state index contributed by atoms with van der Waals surface area (Å²) in [4.78, 5) is 0. The number of rotatable bonds is 4. The van der Waals surface area contributed by atoms with E-state index in [0.717, 1.165) is 23.8 Å². The number of nitrogens with zero attached hydrogens (tertiary/aromatic N) is 2. The van der Waals surface area contributed by atoms with Gasteiger partial charge in [-0.3, -0.25) is 0 Å². The first-order valence-electron chi connectivity index (χ1n) is 4.52. The van der Waals surface area contributed by atoms with Crippen molar-refractivity contribution in [3.8, 4) is 0 Å². The minimum atomic E-state index is -2.51. The van der Waals surface area contributed by atoms with Gasteiger partial charge in [0, 0.05) is 6.54 Å². The standard InChI is InChI=1S/C8H11F2N3S/c1-4-2-5(4)3-11-8-13-12-7(14-8)6(9)10/h4-6H,2-3H2,1H3,(H,11,13). The maximum Gasteiger partial charge on any atom is 0.291 e. The summed E-state index contributed by atoms with van der Waals surface area (Å²) in [7, 11) is 0. The summed E-state index contributed by atoms with van der Waals surface area (Å²) >= 11 is 0.929.